The largest absolute Gasteiger partial charge is 0.507 e. The molecule has 40 heavy (non-hydrogen) atoms. The highest BCUT2D eigenvalue weighted by Crippen LogP contribution is 2.45. The van der Waals surface area contributed by atoms with Crippen LogP contribution in [0.3, 0.4) is 0 Å². The fourth-order valence-electron chi connectivity index (χ4n) is 4.34. The highest BCUT2D eigenvalue weighted by Gasteiger charge is 2.48. The number of aromatic nitrogens is 1. The number of esters is 1. The van der Waals surface area contributed by atoms with Gasteiger partial charge in [-0.3, -0.25) is 14.5 Å². The van der Waals surface area contributed by atoms with E-state index >= 15 is 0 Å². The lowest BCUT2D eigenvalue weighted by molar-refractivity contribution is -0.132. The first-order valence-electron chi connectivity index (χ1n) is 12.6. The number of aryl methyl sites for hydroxylation is 1. The Balaban J connectivity index is 1.92. The van der Waals surface area contributed by atoms with Crippen molar-refractivity contribution in [2.45, 2.75) is 32.7 Å². The van der Waals surface area contributed by atoms with E-state index < -0.39 is 23.7 Å². The SMILES string of the molecule is CCCCOc1ccc(C2C(=C(O)c3cccc(OC)c3)C(=O)C(=O)N2c2nc(C)c(C(=O)OC)s2)cc1OC. The van der Waals surface area contributed by atoms with Gasteiger partial charge in [-0.25, -0.2) is 9.78 Å². The average molecular weight is 567 g/mol. The molecule has 2 aromatic carbocycles. The van der Waals surface area contributed by atoms with Crippen molar-refractivity contribution in [2.75, 3.05) is 32.8 Å². The van der Waals surface area contributed by atoms with Crippen LogP contribution in [0.4, 0.5) is 5.13 Å². The summed E-state index contributed by atoms with van der Waals surface area (Å²) in [5, 5.41) is 11.5. The predicted octanol–water partition coefficient (Wildman–Crippen LogP) is 5.06. The van der Waals surface area contributed by atoms with E-state index in [0.29, 0.717) is 40.7 Å². The van der Waals surface area contributed by atoms with E-state index in [9.17, 15) is 19.5 Å². The van der Waals surface area contributed by atoms with Gasteiger partial charge in [0.2, 0.25) is 0 Å². The number of anilines is 1. The molecule has 1 aliphatic heterocycles. The van der Waals surface area contributed by atoms with E-state index in [4.69, 9.17) is 18.9 Å². The lowest BCUT2D eigenvalue weighted by Crippen LogP contribution is -2.29. The van der Waals surface area contributed by atoms with Crippen molar-refractivity contribution in [3.05, 3.63) is 69.7 Å². The molecule has 11 heteroatoms. The van der Waals surface area contributed by atoms with Gasteiger partial charge < -0.3 is 24.1 Å². The van der Waals surface area contributed by atoms with Crippen molar-refractivity contribution in [1.82, 2.24) is 4.98 Å². The first-order valence-corrected chi connectivity index (χ1v) is 13.4. The zero-order valence-electron chi connectivity index (χ0n) is 22.8. The zero-order valence-corrected chi connectivity index (χ0v) is 23.7. The van der Waals surface area contributed by atoms with E-state index in [1.54, 1.807) is 49.4 Å². The summed E-state index contributed by atoms with van der Waals surface area (Å²) < 4.78 is 21.5. The van der Waals surface area contributed by atoms with Crippen molar-refractivity contribution in [2.24, 2.45) is 0 Å². The van der Waals surface area contributed by atoms with Gasteiger partial charge in [0.25, 0.3) is 5.78 Å². The Morgan fingerprint density at radius 3 is 2.52 bits per heavy atom. The van der Waals surface area contributed by atoms with Gasteiger partial charge in [0.1, 0.15) is 16.4 Å². The second-order valence-electron chi connectivity index (χ2n) is 8.92. The Morgan fingerprint density at radius 1 is 1.07 bits per heavy atom. The third-order valence-electron chi connectivity index (χ3n) is 6.41. The lowest BCUT2D eigenvalue weighted by atomic mass is 9.95. The number of benzene rings is 2. The van der Waals surface area contributed by atoms with Crippen LogP contribution >= 0.6 is 11.3 Å². The van der Waals surface area contributed by atoms with Gasteiger partial charge in [0.15, 0.2) is 16.6 Å². The molecule has 4 rings (SSSR count). The van der Waals surface area contributed by atoms with Gasteiger partial charge in [-0.05, 0) is 43.2 Å². The molecule has 1 aliphatic rings. The maximum atomic E-state index is 13.5. The molecule has 210 valence electrons. The van der Waals surface area contributed by atoms with Crippen molar-refractivity contribution < 1.29 is 38.4 Å². The predicted molar refractivity (Wildman–Crippen MR) is 149 cm³/mol. The number of carbonyl (C=O) groups excluding carboxylic acids is 3. The second-order valence-corrected chi connectivity index (χ2v) is 9.89. The number of hydrogen-bond acceptors (Lipinski definition) is 10. The quantitative estimate of drug-likeness (QED) is 0.118. The molecule has 1 atom stereocenters. The number of Topliss-reactive ketones (excluding diaryl/α,β-unsaturated/α-hetero) is 1. The summed E-state index contributed by atoms with van der Waals surface area (Å²) in [6.45, 7) is 4.16. The number of thiazole rings is 1. The highest BCUT2D eigenvalue weighted by molar-refractivity contribution is 7.17. The van der Waals surface area contributed by atoms with Crippen LogP contribution in [0.2, 0.25) is 0 Å². The third-order valence-corrected chi connectivity index (χ3v) is 7.55. The minimum Gasteiger partial charge on any atom is -0.507 e. The van der Waals surface area contributed by atoms with E-state index in [1.165, 1.54) is 26.2 Å². The Bertz CT molecular complexity index is 1480. The van der Waals surface area contributed by atoms with Crippen LogP contribution in [0.25, 0.3) is 5.76 Å². The Morgan fingerprint density at radius 2 is 1.85 bits per heavy atom. The van der Waals surface area contributed by atoms with Gasteiger partial charge >= 0.3 is 11.9 Å². The van der Waals surface area contributed by atoms with Crippen LogP contribution in [0.5, 0.6) is 17.2 Å². The third kappa shape index (κ3) is 5.37. The molecular weight excluding hydrogens is 536 g/mol. The molecule has 2 heterocycles. The van der Waals surface area contributed by atoms with Crippen molar-refractivity contribution in [3.8, 4) is 17.2 Å². The van der Waals surface area contributed by atoms with Crippen LogP contribution in [-0.2, 0) is 14.3 Å². The van der Waals surface area contributed by atoms with Gasteiger partial charge in [-0.1, -0.05) is 42.9 Å². The van der Waals surface area contributed by atoms with Gasteiger partial charge in [-0.15, -0.1) is 0 Å². The minimum atomic E-state index is -1.08. The number of rotatable bonds is 10. The minimum absolute atomic E-state index is 0.108. The molecule has 0 spiro atoms. The number of aliphatic hydroxyl groups excluding tert-OH is 1. The number of nitrogens with zero attached hydrogens (tertiary/aromatic N) is 2. The highest BCUT2D eigenvalue weighted by atomic mass is 32.1. The number of aliphatic hydroxyl groups is 1. The number of methoxy groups -OCH3 is 3. The zero-order chi connectivity index (χ0) is 29.0. The Kier molecular flexibility index (Phi) is 8.73. The Labute approximate surface area is 235 Å². The number of unbranched alkanes of at least 4 members (excludes halogenated alkanes) is 1. The summed E-state index contributed by atoms with van der Waals surface area (Å²) >= 11 is 0.923. The molecule has 1 unspecified atom stereocenters. The molecule has 0 bridgehead atoms. The van der Waals surface area contributed by atoms with Crippen molar-refractivity contribution >= 4 is 39.9 Å². The molecule has 1 saturated heterocycles. The molecule has 1 N–H and O–H groups in total. The van der Waals surface area contributed by atoms with Crippen LogP contribution in [0.1, 0.15) is 52.3 Å². The molecular formula is C29H30N2O8S. The smallest absolute Gasteiger partial charge is 0.350 e. The van der Waals surface area contributed by atoms with Crippen LogP contribution in [0.15, 0.2) is 48.0 Å². The molecule has 0 radical (unpaired) electrons. The fourth-order valence-corrected chi connectivity index (χ4v) is 5.35. The van der Waals surface area contributed by atoms with Crippen LogP contribution in [-0.4, -0.2) is 55.7 Å². The van der Waals surface area contributed by atoms with Gasteiger partial charge in [0, 0.05) is 5.56 Å². The normalized spacial score (nSPS) is 16.2. The average Bonchev–Trinajstić information content (AvgIpc) is 3.48. The maximum Gasteiger partial charge on any atom is 0.350 e. The lowest BCUT2D eigenvalue weighted by Gasteiger charge is -2.24. The topological polar surface area (TPSA) is 124 Å². The van der Waals surface area contributed by atoms with Crippen molar-refractivity contribution in [1.29, 1.82) is 0 Å². The number of ketones is 1. The molecule has 0 saturated carbocycles. The molecule has 1 fully saturated rings. The number of carbonyl (C=O) groups is 3. The summed E-state index contributed by atoms with van der Waals surface area (Å²) in [5.41, 5.74) is 0.959. The fraction of sp³-hybridized carbons (Fsp3) is 0.310. The summed E-state index contributed by atoms with van der Waals surface area (Å²) in [6.07, 6.45) is 1.82. The molecule has 0 aliphatic carbocycles. The second kappa shape index (κ2) is 12.2. The standard InChI is InChI=1S/C29H30N2O8S/c1-6-7-13-39-20-12-11-17(15-21(20)37-4)23-22(24(32)18-9-8-10-19(14-18)36-3)25(33)27(34)31(23)29-30-16(2)26(40-29)28(35)38-5/h8-12,14-15,23,32H,6-7,13H2,1-5H3. The van der Waals surface area contributed by atoms with E-state index in [2.05, 4.69) is 11.9 Å². The molecule has 1 amide bonds. The first-order chi connectivity index (χ1) is 19.2. The summed E-state index contributed by atoms with van der Waals surface area (Å²) in [7, 11) is 4.22. The Hall–Kier alpha value is -4.38. The number of ether oxygens (including phenoxy) is 4. The van der Waals surface area contributed by atoms with Gasteiger partial charge in [0.05, 0.1) is 45.2 Å². The first kappa shape index (κ1) is 28.6. The molecule has 3 aromatic rings. The van der Waals surface area contributed by atoms with E-state index in [-0.39, 0.29) is 21.3 Å². The molecule has 1 aromatic heterocycles. The van der Waals surface area contributed by atoms with Crippen LogP contribution in [0, 0.1) is 6.92 Å². The van der Waals surface area contributed by atoms with Crippen LogP contribution < -0.4 is 19.1 Å². The molecule has 10 nitrogen and oxygen atoms in total. The van der Waals surface area contributed by atoms with E-state index in [0.717, 1.165) is 24.2 Å². The number of amides is 1. The van der Waals surface area contributed by atoms with Gasteiger partial charge in [-0.2, -0.15) is 0 Å². The van der Waals surface area contributed by atoms with E-state index in [1.807, 2.05) is 0 Å². The maximum absolute atomic E-state index is 13.5. The monoisotopic (exact) mass is 566 g/mol. The summed E-state index contributed by atoms with van der Waals surface area (Å²) in [6, 6.07) is 10.5. The number of hydrogen-bond donors (Lipinski definition) is 1. The van der Waals surface area contributed by atoms with Crippen molar-refractivity contribution in [3.63, 3.8) is 0 Å². The summed E-state index contributed by atoms with van der Waals surface area (Å²) in [5.74, 6) is -1.44. The summed E-state index contributed by atoms with van der Waals surface area (Å²) in [4.78, 5) is 45.1.